The Labute approximate surface area is 98.8 Å². The van der Waals surface area contributed by atoms with Crippen molar-refractivity contribution in [1.29, 1.82) is 0 Å². The number of alkyl halides is 2. The molecule has 1 saturated carbocycles. The van der Waals surface area contributed by atoms with Crippen molar-refractivity contribution in [3.63, 3.8) is 0 Å². The zero-order valence-electron chi connectivity index (χ0n) is 9.23. The highest BCUT2D eigenvalue weighted by Crippen LogP contribution is 2.32. The predicted octanol–water partition coefficient (Wildman–Crippen LogP) is 2.50. The van der Waals surface area contributed by atoms with Crippen molar-refractivity contribution in [2.24, 2.45) is 5.92 Å². The molecule has 0 bridgehead atoms. The van der Waals surface area contributed by atoms with Gasteiger partial charge < -0.3 is 5.32 Å². The topological polar surface area (TPSA) is 46.2 Å². The molecule has 1 N–H and O–H groups in total. The largest absolute Gasteiger partial charge is 0.382 e. The first-order valence-corrected chi connectivity index (χ1v) is 6.84. The summed E-state index contributed by atoms with van der Waals surface area (Å²) < 4.78 is 46.9. The van der Waals surface area contributed by atoms with Crippen molar-refractivity contribution in [2.45, 2.75) is 30.0 Å². The molecule has 1 fully saturated rings. The van der Waals surface area contributed by atoms with Crippen molar-refractivity contribution < 1.29 is 17.2 Å². The van der Waals surface area contributed by atoms with Crippen LogP contribution < -0.4 is 5.32 Å². The molecule has 1 aliphatic rings. The molecule has 0 aromatic heterocycles. The fourth-order valence-electron chi connectivity index (χ4n) is 1.58. The van der Waals surface area contributed by atoms with Crippen LogP contribution in [0.25, 0.3) is 0 Å². The van der Waals surface area contributed by atoms with E-state index in [9.17, 15) is 17.2 Å². The third-order valence-corrected chi connectivity index (χ3v) is 4.28. The number of rotatable bonds is 4. The first kappa shape index (κ1) is 12.3. The van der Waals surface area contributed by atoms with Crippen LogP contribution in [0.4, 0.5) is 14.5 Å². The molecule has 94 valence electrons. The van der Waals surface area contributed by atoms with Crippen LogP contribution in [0, 0.1) is 5.92 Å². The molecular formula is C11H13F2NO2S. The van der Waals surface area contributed by atoms with Crippen molar-refractivity contribution in [1.82, 2.24) is 0 Å². The Kier molecular flexibility index (Phi) is 3.07. The molecule has 0 heterocycles. The highest BCUT2D eigenvalue weighted by molar-refractivity contribution is 7.91. The third-order valence-electron chi connectivity index (χ3n) is 2.88. The summed E-state index contributed by atoms with van der Waals surface area (Å²) in [5.41, 5.74) is 0.757. The Balaban J connectivity index is 2.13. The van der Waals surface area contributed by atoms with E-state index in [-0.39, 0.29) is 4.90 Å². The molecule has 2 unspecified atom stereocenters. The van der Waals surface area contributed by atoms with E-state index in [1.165, 1.54) is 24.3 Å². The number of hydrogen-bond donors (Lipinski definition) is 1. The van der Waals surface area contributed by atoms with Crippen LogP contribution in [0.5, 0.6) is 0 Å². The number of sulfone groups is 1. The van der Waals surface area contributed by atoms with Crippen molar-refractivity contribution >= 4 is 15.5 Å². The first-order valence-electron chi connectivity index (χ1n) is 5.30. The van der Waals surface area contributed by atoms with Crippen LogP contribution in [0.2, 0.25) is 0 Å². The minimum absolute atomic E-state index is 0.345. The lowest BCUT2D eigenvalue weighted by Gasteiger charge is -2.07. The number of nitrogens with one attached hydrogen (secondary N) is 1. The van der Waals surface area contributed by atoms with Crippen LogP contribution in [0.3, 0.4) is 0 Å². The average molecular weight is 261 g/mol. The Morgan fingerprint density at radius 2 is 1.82 bits per heavy atom. The molecule has 0 saturated heterocycles. The van der Waals surface area contributed by atoms with E-state index in [2.05, 4.69) is 12.2 Å². The highest BCUT2D eigenvalue weighted by Gasteiger charge is 2.32. The molecule has 2 rings (SSSR count). The van der Waals surface area contributed by atoms with Crippen LogP contribution in [-0.4, -0.2) is 20.2 Å². The Bertz CT molecular complexity index is 499. The van der Waals surface area contributed by atoms with E-state index in [0.717, 1.165) is 12.1 Å². The Morgan fingerprint density at radius 1 is 1.29 bits per heavy atom. The molecule has 0 spiro atoms. The number of hydrogen-bond acceptors (Lipinski definition) is 3. The monoisotopic (exact) mass is 261 g/mol. The van der Waals surface area contributed by atoms with Gasteiger partial charge in [-0.3, -0.25) is 0 Å². The lowest BCUT2D eigenvalue weighted by Crippen LogP contribution is -2.11. The summed E-state index contributed by atoms with van der Waals surface area (Å²) in [5.74, 6) is -2.76. The summed E-state index contributed by atoms with van der Waals surface area (Å²) in [6.07, 6.45) is 1.08. The van der Waals surface area contributed by atoms with Crippen LogP contribution >= 0.6 is 0 Å². The quantitative estimate of drug-likeness (QED) is 0.905. The molecule has 6 heteroatoms. The summed E-state index contributed by atoms with van der Waals surface area (Å²) in [4.78, 5) is -0.345. The van der Waals surface area contributed by atoms with E-state index in [4.69, 9.17) is 0 Å². The van der Waals surface area contributed by atoms with Gasteiger partial charge in [-0.2, -0.15) is 8.78 Å². The van der Waals surface area contributed by atoms with Gasteiger partial charge in [-0.25, -0.2) is 8.42 Å². The van der Waals surface area contributed by atoms with Crippen LogP contribution in [-0.2, 0) is 9.84 Å². The fourth-order valence-corrected chi connectivity index (χ4v) is 2.30. The maximum atomic E-state index is 12.3. The molecule has 2 atom stereocenters. The SMILES string of the molecule is CC1CC1Nc1ccc(S(=O)(=O)C(F)F)cc1. The average Bonchev–Trinajstić information content (AvgIpc) is 2.95. The second-order valence-corrected chi connectivity index (χ2v) is 6.21. The van der Waals surface area contributed by atoms with E-state index in [1.807, 2.05) is 0 Å². The summed E-state index contributed by atoms with van der Waals surface area (Å²) in [6, 6.07) is 5.85. The zero-order chi connectivity index (χ0) is 12.6. The molecule has 3 nitrogen and oxygen atoms in total. The summed E-state index contributed by atoms with van der Waals surface area (Å²) in [6.45, 7) is 2.10. The van der Waals surface area contributed by atoms with E-state index < -0.39 is 15.6 Å². The molecule has 1 aromatic rings. The lowest BCUT2D eigenvalue weighted by atomic mass is 10.3. The van der Waals surface area contributed by atoms with E-state index in [0.29, 0.717) is 12.0 Å². The van der Waals surface area contributed by atoms with Gasteiger partial charge in [0.1, 0.15) is 0 Å². The van der Waals surface area contributed by atoms with Gasteiger partial charge in [0.25, 0.3) is 0 Å². The standard InChI is InChI=1S/C11H13F2NO2S/c1-7-6-10(7)14-8-2-4-9(5-3-8)17(15,16)11(12)13/h2-5,7,10-11,14H,6H2,1H3. The van der Waals surface area contributed by atoms with Gasteiger partial charge in [0.2, 0.25) is 9.84 Å². The molecule has 0 aliphatic heterocycles. The van der Waals surface area contributed by atoms with Gasteiger partial charge in [0.15, 0.2) is 0 Å². The smallest absolute Gasteiger partial charge is 0.341 e. The number of anilines is 1. The Morgan fingerprint density at radius 3 is 2.24 bits per heavy atom. The molecule has 0 radical (unpaired) electrons. The van der Waals surface area contributed by atoms with Crippen molar-refractivity contribution in [3.05, 3.63) is 24.3 Å². The lowest BCUT2D eigenvalue weighted by molar-refractivity contribution is 0.234. The first-order chi connectivity index (χ1) is 7.91. The highest BCUT2D eigenvalue weighted by atomic mass is 32.2. The van der Waals surface area contributed by atoms with Crippen LogP contribution in [0.15, 0.2) is 29.2 Å². The molecule has 17 heavy (non-hydrogen) atoms. The van der Waals surface area contributed by atoms with Gasteiger partial charge in [0, 0.05) is 11.7 Å². The number of benzene rings is 1. The maximum Gasteiger partial charge on any atom is 0.341 e. The van der Waals surface area contributed by atoms with Crippen molar-refractivity contribution in [2.75, 3.05) is 5.32 Å². The zero-order valence-corrected chi connectivity index (χ0v) is 10.0. The minimum Gasteiger partial charge on any atom is -0.382 e. The maximum absolute atomic E-state index is 12.3. The molecular weight excluding hydrogens is 248 g/mol. The second kappa shape index (κ2) is 4.25. The fraction of sp³-hybridized carbons (Fsp3) is 0.455. The van der Waals surface area contributed by atoms with Gasteiger partial charge in [-0.05, 0) is 36.6 Å². The normalized spacial score (nSPS) is 23.8. The van der Waals surface area contributed by atoms with Gasteiger partial charge >= 0.3 is 5.76 Å². The summed E-state index contributed by atoms with van der Waals surface area (Å²) in [7, 11) is -4.48. The minimum atomic E-state index is -4.48. The van der Waals surface area contributed by atoms with Crippen LogP contribution in [0.1, 0.15) is 13.3 Å². The molecule has 1 aliphatic carbocycles. The van der Waals surface area contributed by atoms with E-state index >= 15 is 0 Å². The Hall–Kier alpha value is -1.17. The predicted molar refractivity (Wildman–Crippen MR) is 60.8 cm³/mol. The summed E-state index contributed by atoms with van der Waals surface area (Å²) in [5, 5.41) is 3.19. The van der Waals surface area contributed by atoms with Gasteiger partial charge in [-0.15, -0.1) is 0 Å². The van der Waals surface area contributed by atoms with Crippen molar-refractivity contribution in [3.8, 4) is 0 Å². The number of halogens is 2. The van der Waals surface area contributed by atoms with E-state index in [1.54, 1.807) is 0 Å². The summed E-state index contributed by atoms with van der Waals surface area (Å²) >= 11 is 0. The van der Waals surface area contributed by atoms with Gasteiger partial charge in [0.05, 0.1) is 4.90 Å². The molecule has 0 amide bonds. The van der Waals surface area contributed by atoms with Gasteiger partial charge in [-0.1, -0.05) is 6.92 Å². The second-order valence-electron chi connectivity index (χ2n) is 4.29. The molecule has 1 aromatic carbocycles. The third kappa shape index (κ3) is 2.57.